The highest BCUT2D eigenvalue weighted by atomic mass is 35.5. The van der Waals surface area contributed by atoms with E-state index in [1.54, 1.807) is 6.33 Å². The molecule has 1 rings (SSSR count). The third-order valence-electron chi connectivity index (χ3n) is 2.75. The first-order chi connectivity index (χ1) is 8.13. The van der Waals surface area contributed by atoms with Gasteiger partial charge in [0.05, 0.1) is 0 Å². The lowest BCUT2D eigenvalue weighted by Gasteiger charge is -2.10. The van der Waals surface area contributed by atoms with Crippen LogP contribution in [0.15, 0.2) is 6.33 Å². The fraction of sp³-hybridized carbons (Fsp3) is 0.846. The fourth-order valence-corrected chi connectivity index (χ4v) is 2.29. The summed E-state index contributed by atoms with van der Waals surface area (Å²) in [6, 6.07) is 0. The molecule has 0 aliphatic carbocycles. The van der Waals surface area contributed by atoms with Crippen LogP contribution in [-0.2, 0) is 13.0 Å². The average Bonchev–Trinajstić information content (AvgIpc) is 2.65. The molecule has 0 aromatic carbocycles. The largest absolute Gasteiger partial charge is 0.250 e. The molecule has 0 aliphatic rings. The van der Waals surface area contributed by atoms with E-state index in [9.17, 15) is 0 Å². The maximum absolute atomic E-state index is 6.20. The Morgan fingerprint density at radius 1 is 1.35 bits per heavy atom. The minimum atomic E-state index is 0.321. The van der Waals surface area contributed by atoms with Gasteiger partial charge >= 0.3 is 0 Å². The first kappa shape index (κ1) is 14.5. The second-order valence-corrected chi connectivity index (χ2v) is 5.65. The van der Waals surface area contributed by atoms with Crippen molar-refractivity contribution in [1.29, 1.82) is 0 Å². The van der Waals surface area contributed by atoms with Crippen molar-refractivity contribution in [3.8, 4) is 0 Å². The Morgan fingerprint density at radius 2 is 2.12 bits per heavy atom. The maximum atomic E-state index is 6.20. The van der Waals surface area contributed by atoms with Crippen LogP contribution in [0.25, 0.3) is 0 Å². The summed E-state index contributed by atoms with van der Waals surface area (Å²) in [4.78, 5) is 4.32. The number of alkyl halides is 1. The van der Waals surface area contributed by atoms with Crippen molar-refractivity contribution in [2.75, 3.05) is 0 Å². The lowest BCUT2D eigenvalue weighted by molar-refractivity contribution is 0.461. The van der Waals surface area contributed by atoms with Gasteiger partial charge in [-0.05, 0) is 25.2 Å². The van der Waals surface area contributed by atoms with Gasteiger partial charge in [0.1, 0.15) is 12.2 Å². The summed E-state index contributed by atoms with van der Waals surface area (Å²) in [5.41, 5.74) is 0. The van der Waals surface area contributed by atoms with E-state index in [1.807, 2.05) is 4.68 Å². The summed E-state index contributed by atoms with van der Waals surface area (Å²) in [5.74, 6) is 1.70. The molecule has 0 bridgehead atoms. The van der Waals surface area contributed by atoms with E-state index < -0.39 is 0 Å². The minimum absolute atomic E-state index is 0.321. The zero-order chi connectivity index (χ0) is 12.7. The minimum Gasteiger partial charge on any atom is -0.250 e. The molecule has 1 aromatic heterocycles. The van der Waals surface area contributed by atoms with Crippen molar-refractivity contribution in [3.63, 3.8) is 0 Å². The van der Waals surface area contributed by atoms with Gasteiger partial charge in [0.2, 0.25) is 0 Å². The predicted octanol–water partition coefficient (Wildman–Crippen LogP) is 3.66. The molecule has 0 aliphatic heterocycles. The summed E-state index contributed by atoms with van der Waals surface area (Å²) < 4.78 is 2.02. The summed E-state index contributed by atoms with van der Waals surface area (Å²) in [6.07, 6.45) is 7.09. The highest BCUT2D eigenvalue weighted by Crippen LogP contribution is 2.14. The van der Waals surface area contributed by atoms with Gasteiger partial charge in [0.15, 0.2) is 0 Å². The number of hydrogen-bond donors (Lipinski definition) is 0. The summed E-state index contributed by atoms with van der Waals surface area (Å²) in [7, 11) is 0. The molecule has 1 heterocycles. The quantitative estimate of drug-likeness (QED) is 0.666. The Labute approximate surface area is 110 Å². The van der Waals surface area contributed by atoms with Crippen LogP contribution in [0, 0.1) is 5.92 Å². The molecule has 0 saturated carbocycles. The summed E-state index contributed by atoms with van der Waals surface area (Å²) in [5, 5.41) is 4.58. The van der Waals surface area contributed by atoms with Crippen molar-refractivity contribution in [3.05, 3.63) is 12.2 Å². The smallest absolute Gasteiger partial charge is 0.138 e. The van der Waals surface area contributed by atoms with Gasteiger partial charge in [0.25, 0.3) is 0 Å². The van der Waals surface area contributed by atoms with Crippen LogP contribution < -0.4 is 0 Å². The summed E-state index contributed by atoms with van der Waals surface area (Å²) >= 11 is 6.20. The van der Waals surface area contributed by atoms with Gasteiger partial charge in [0, 0.05) is 18.3 Å². The van der Waals surface area contributed by atoms with Crippen molar-refractivity contribution < 1.29 is 0 Å². The van der Waals surface area contributed by atoms with Crippen molar-refractivity contribution in [2.45, 2.75) is 64.8 Å². The Balaban J connectivity index is 2.33. The Bertz CT molecular complexity index is 309. The SMILES string of the molecule is CCCC(Cl)CCCc1ncnn1CC(C)C. The van der Waals surface area contributed by atoms with Gasteiger partial charge in [-0.2, -0.15) is 5.10 Å². The van der Waals surface area contributed by atoms with Crippen molar-refractivity contribution in [1.82, 2.24) is 14.8 Å². The lowest BCUT2D eigenvalue weighted by atomic mass is 10.1. The molecule has 0 saturated heterocycles. The zero-order valence-corrected chi connectivity index (χ0v) is 12.0. The maximum Gasteiger partial charge on any atom is 0.138 e. The van der Waals surface area contributed by atoms with Gasteiger partial charge < -0.3 is 0 Å². The molecule has 1 atom stereocenters. The molecule has 98 valence electrons. The second kappa shape index (κ2) is 7.70. The molecule has 17 heavy (non-hydrogen) atoms. The molecular formula is C13H24ClN3. The number of nitrogens with zero attached hydrogens (tertiary/aromatic N) is 3. The normalized spacial score (nSPS) is 13.2. The third kappa shape index (κ3) is 5.53. The first-order valence-electron chi connectivity index (χ1n) is 6.64. The molecule has 0 fully saturated rings. The van der Waals surface area contributed by atoms with E-state index in [4.69, 9.17) is 11.6 Å². The molecule has 1 unspecified atom stereocenters. The van der Waals surface area contributed by atoms with Gasteiger partial charge in [-0.25, -0.2) is 9.67 Å². The fourth-order valence-electron chi connectivity index (χ4n) is 1.92. The van der Waals surface area contributed by atoms with Crippen LogP contribution in [0.5, 0.6) is 0 Å². The monoisotopic (exact) mass is 257 g/mol. The van der Waals surface area contributed by atoms with Crippen LogP contribution in [0.2, 0.25) is 0 Å². The Kier molecular flexibility index (Phi) is 6.56. The van der Waals surface area contributed by atoms with Crippen molar-refractivity contribution in [2.24, 2.45) is 5.92 Å². The lowest BCUT2D eigenvalue weighted by Crippen LogP contribution is -2.11. The first-order valence-corrected chi connectivity index (χ1v) is 7.07. The number of aromatic nitrogens is 3. The van der Waals surface area contributed by atoms with Gasteiger partial charge in [-0.1, -0.05) is 27.2 Å². The molecule has 0 spiro atoms. The van der Waals surface area contributed by atoms with E-state index in [0.717, 1.165) is 44.5 Å². The van der Waals surface area contributed by atoms with E-state index in [2.05, 4.69) is 30.9 Å². The van der Waals surface area contributed by atoms with E-state index in [-0.39, 0.29) is 0 Å². The molecular weight excluding hydrogens is 234 g/mol. The number of hydrogen-bond acceptors (Lipinski definition) is 2. The van der Waals surface area contributed by atoms with Crippen LogP contribution in [0.1, 0.15) is 52.3 Å². The Morgan fingerprint density at radius 3 is 2.76 bits per heavy atom. The molecule has 0 amide bonds. The van der Waals surface area contributed by atoms with Gasteiger partial charge in [-0.3, -0.25) is 0 Å². The zero-order valence-electron chi connectivity index (χ0n) is 11.2. The molecule has 0 radical (unpaired) electrons. The standard InChI is InChI=1S/C13H24ClN3/c1-4-6-12(14)7-5-8-13-15-10-16-17(13)9-11(2)3/h10-12H,4-9H2,1-3H3. The number of aryl methyl sites for hydroxylation is 1. The average molecular weight is 258 g/mol. The van der Waals surface area contributed by atoms with Crippen LogP contribution in [0.3, 0.4) is 0 Å². The summed E-state index contributed by atoms with van der Waals surface area (Å²) in [6.45, 7) is 7.52. The molecule has 0 N–H and O–H groups in total. The predicted molar refractivity (Wildman–Crippen MR) is 72.3 cm³/mol. The third-order valence-corrected chi connectivity index (χ3v) is 3.19. The van der Waals surface area contributed by atoms with E-state index in [0.29, 0.717) is 11.3 Å². The van der Waals surface area contributed by atoms with E-state index >= 15 is 0 Å². The highest BCUT2D eigenvalue weighted by Gasteiger charge is 2.08. The number of halogens is 1. The number of rotatable bonds is 8. The van der Waals surface area contributed by atoms with Crippen molar-refractivity contribution >= 4 is 11.6 Å². The highest BCUT2D eigenvalue weighted by molar-refractivity contribution is 6.20. The van der Waals surface area contributed by atoms with Crippen LogP contribution >= 0.6 is 11.6 Å². The second-order valence-electron chi connectivity index (χ2n) is 5.03. The topological polar surface area (TPSA) is 30.7 Å². The van der Waals surface area contributed by atoms with E-state index in [1.165, 1.54) is 0 Å². The molecule has 4 heteroatoms. The molecule has 3 nitrogen and oxygen atoms in total. The Hall–Kier alpha value is -0.570. The van der Waals surface area contributed by atoms with Crippen LogP contribution in [-0.4, -0.2) is 20.1 Å². The van der Waals surface area contributed by atoms with Crippen LogP contribution in [0.4, 0.5) is 0 Å². The molecule has 1 aromatic rings. The van der Waals surface area contributed by atoms with Gasteiger partial charge in [-0.15, -0.1) is 11.6 Å².